The van der Waals surface area contributed by atoms with Gasteiger partial charge in [0.1, 0.15) is 5.82 Å². The Hall–Kier alpha value is -0.540. The fourth-order valence-electron chi connectivity index (χ4n) is 2.32. The molecule has 1 fully saturated rings. The van der Waals surface area contributed by atoms with Crippen molar-refractivity contribution < 1.29 is 9.13 Å². The zero-order valence-corrected chi connectivity index (χ0v) is 18.2. The minimum absolute atomic E-state index is 0. The van der Waals surface area contributed by atoms with Crippen LogP contribution in [0.5, 0.6) is 0 Å². The lowest BCUT2D eigenvalue weighted by molar-refractivity contribution is 0.129. The van der Waals surface area contributed by atoms with Crippen LogP contribution < -0.4 is 10.6 Å². The molecule has 2 N–H and O–H groups in total. The largest absolute Gasteiger partial charge is 0.379 e. The number of benzene rings is 1. The highest BCUT2D eigenvalue weighted by atomic mass is 127. The lowest BCUT2D eigenvalue weighted by Gasteiger charge is -2.12. The van der Waals surface area contributed by atoms with Gasteiger partial charge in [-0.05, 0) is 55.2 Å². The zero-order valence-electron chi connectivity index (χ0n) is 15.0. The van der Waals surface area contributed by atoms with Crippen LogP contribution in [-0.4, -0.2) is 38.5 Å². The van der Waals surface area contributed by atoms with Gasteiger partial charge in [0.15, 0.2) is 5.96 Å². The summed E-state index contributed by atoms with van der Waals surface area (Å²) < 4.78 is 19.0. The number of thioether (sulfide) groups is 1. The molecule has 0 radical (unpaired) electrons. The van der Waals surface area contributed by atoms with Crippen molar-refractivity contribution in [2.24, 2.45) is 10.9 Å². The Bertz CT molecular complexity index is 541. The van der Waals surface area contributed by atoms with Crippen LogP contribution >= 0.6 is 35.7 Å². The number of hydrogen-bond acceptors (Lipinski definition) is 3. The molecule has 0 atom stereocenters. The molecule has 0 heterocycles. The van der Waals surface area contributed by atoms with E-state index in [4.69, 9.17) is 4.74 Å². The highest BCUT2D eigenvalue weighted by Gasteiger charge is 2.20. The Balaban J connectivity index is 0.00000312. The first-order chi connectivity index (χ1) is 11.7. The van der Waals surface area contributed by atoms with E-state index in [9.17, 15) is 4.39 Å². The average Bonchev–Trinajstić information content (AvgIpc) is 3.38. The molecule has 0 bridgehead atoms. The second-order valence-electron chi connectivity index (χ2n) is 5.99. The van der Waals surface area contributed by atoms with Gasteiger partial charge in [0, 0.05) is 25.4 Å². The second-order valence-corrected chi connectivity index (χ2v) is 6.85. The molecule has 0 unspecified atom stereocenters. The molecule has 25 heavy (non-hydrogen) atoms. The highest BCUT2D eigenvalue weighted by Crippen LogP contribution is 2.28. The van der Waals surface area contributed by atoms with Crippen LogP contribution in [0.15, 0.2) is 23.2 Å². The van der Waals surface area contributed by atoms with Crippen molar-refractivity contribution in [1.82, 2.24) is 10.6 Å². The SMILES string of the molecule is CCNC(=NCc1ccc(F)cc1CSC)NCCOCC1CC1.I. The standard InChI is InChI=1S/C18H28FN3OS.HI/c1-3-20-18(21-8-9-23-12-14-4-5-14)22-11-15-6-7-17(19)10-16(15)13-24-2;/h6-7,10,14H,3-5,8-9,11-13H2,1-2H3,(H2,20,21,22);1H. The molecule has 2 rings (SSSR count). The highest BCUT2D eigenvalue weighted by molar-refractivity contribution is 14.0. The van der Waals surface area contributed by atoms with E-state index in [-0.39, 0.29) is 29.8 Å². The maximum absolute atomic E-state index is 13.4. The second kappa shape index (κ2) is 12.8. The third-order valence-corrected chi connectivity index (χ3v) is 4.41. The lowest BCUT2D eigenvalue weighted by atomic mass is 10.1. The average molecular weight is 481 g/mol. The van der Waals surface area contributed by atoms with E-state index in [0.29, 0.717) is 13.2 Å². The normalized spacial score (nSPS) is 14.1. The molecule has 0 aliphatic heterocycles. The first-order valence-electron chi connectivity index (χ1n) is 8.59. The molecular weight excluding hydrogens is 452 g/mol. The molecule has 1 aliphatic carbocycles. The number of rotatable bonds is 10. The number of nitrogens with one attached hydrogen (secondary N) is 2. The summed E-state index contributed by atoms with van der Waals surface area (Å²) in [6.45, 7) is 5.68. The summed E-state index contributed by atoms with van der Waals surface area (Å²) in [6.07, 6.45) is 4.65. The van der Waals surface area contributed by atoms with Gasteiger partial charge in [-0.3, -0.25) is 0 Å². The van der Waals surface area contributed by atoms with Crippen molar-refractivity contribution in [3.63, 3.8) is 0 Å². The summed E-state index contributed by atoms with van der Waals surface area (Å²) in [5.41, 5.74) is 2.07. The Morgan fingerprint density at radius 3 is 2.80 bits per heavy atom. The van der Waals surface area contributed by atoms with Gasteiger partial charge < -0.3 is 15.4 Å². The van der Waals surface area contributed by atoms with Crippen LogP contribution in [-0.2, 0) is 17.0 Å². The van der Waals surface area contributed by atoms with Gasteiger partial charge in [-0.25, -0.2) is 9.38 Å². The van der Waals surface area contributed by atoms with Gasteiger partial charge in [0.25, 0.3) is 0 Å². The Kier molecular flexibility index (Phi) is 11.5. The van der Waals surface area contributed by atoms with Crippen molar-refractivity contribution in [2.75, 3.05) is 32.6 Å². The molecule has 1 saturated carbocycles. The van der Waals surface area contributed by atoms with Crippen molar-refractivity contribution in [3.8, 4) is 0 Å². The van der Waals surface area contributed by atoms with Crippen LogP contribution in [0.25, 0.3) is 0 Å². The molecule has 0 aromatic heterocycles. The van der Waals surface area contributed by atoms with Crippen LogP contribution in [0.4, 0.5) is 4.39 Å². The molecule has 4 nitrogen and oxygen atoms in total. The van der Waals surface area contributed by atoms with Gasteiger partial charge in [-0.2, -0.15) is 11.8 Å². The molecule has 7 heteroatoms. The van der Waals surface area contributed by atoms with E-state index in [1.54, 1.807) is 17.8 Å². The maximum Gasteiger partial charge on any atom is 0.191 e. The van der Waals surface area contributed by atoms with E-state index in [0.717, 1.165) is 48.5 Å². The van der Waals surface area contributed by atoms with Gasteiger partial charge in [0.2, 0.25) is 0 Å². The summed E-state index contributed by atoms with van der Waals surface area (Å²) in [6, 6.07) is 4.93. The van der Waals surface area contributed by atoms with Gasteiger partial charge >= 0.3 is 0 Å². The summed E-state index contributed by atoms with van der Waals surface area (Å²) in [7, 11) is 0. The van der Waals surface area contributed by atoms with Crippen molar-refractivity contribution in [3.05, 3.63) is 35.1 Å². The topological polar surface area (TPSA) is 45.7 Å². The summed E-state index contributed by atoms with van der Waals surface area (Å²) in [5, 5.41) is 6.51. The Morgan fingerprint density at radius 1 is 1.32 bits per heavy atom. The van der Waals surface area contributed by atoms with Gasteiger partial charge in [0.05, 0.1) is 13.2 Å². The van der Waals surface area contributed by atoms with Crippen LogP contribution in [0.1, 0.15) is 30.9 Å². The molecule has 0 spiro atoms. The van der Waals surface area contributed by atoms with E-state index in [1.165, 1.54) is 18.9 Å². The minimum atomic E-state index is -0.190. The Morgan fingerprint density at radius 2 is 2.12 bits per heavy atom. The Labute approximate surface area is 171 Å². The quantitative estimate of drug-likeness (QED) is 0.231. The van der Waals surface area contributed by atoms with E-state index in [1.807, 2.05) is 19.2 Å². The smallest absolute Gasteiger partial charge is 0.191 e. The molecule has 0 amide bonds. The van der Waals surface area contributed by atoms with Crippen molar-refractivity contribution in [2.45, 2.75) is 32.1 Å². The zero-order chi connectivity index (χ0) is 17.2. The third kappa shape index (κ3) is 9.10. The monoisotopic (exact) mass is 481 g/mol. The molecule has 1 aromatic rings. The number of halogens is 2. The van der Waals surface area contributed by atoms with E-state index in [2.05, 4.69) is 15.6 Å². The summed E-state index contributed by atoms with van der Waals surface area (Å²) in [4.78, 5) is 4.61. The van der Waals surface area contributed by atoms with E-state index < -0.39 is 0 Å². The molecule has 1 aromatic carbocycles. The fraction of sp³-hybridized carbons (Fsp3) is 0.611. The number of guanidine groups is 1. The van der Waals surface area contributed by atoms with Crippen LogP contribution in [0.3, 0.4) is 0 Å². The molecular formula is C18H29FIN3OS. The van der Waals surface area contributed by atoms with Crippen LogP contribution in [0, 0.1) is 11.7 Å². The first kappa shape index (κ1) is 22.5. The number of ether oxygens (including phenoxy) is 1. The molecule has 0 saturated heterocycles. The number of aliphatic imine (C=N–C) groups is 1. The van der Waals surface area contributed by atoms with Crippen molar-refractivity contribution >= 4 is 41.7 Å². The van der Waals surface area contributed by atoms with Crippen LogP contribution in [0.2, 0.25) is 0 Å². The predicted molar refractivity (Wildman–Crippen MR) is 115 cm³/mol. The van der Waals surface area contributed by atoms with Gasteiger partial charge in [-0.1, -0.05) is 6.07 Å². The maximum atomic E-state index is 13.4. The summed E-state index contributed by atoms with van der Waals surface area (Å²) >= 11 is 1.69. The summed E-state index contributed by atoms with van der Waals surface area (Å²) in [5.74, 6) is 2.17. The molecule has 142 valence electrons. The fourth-order valence-corrected chi connectivity index (χ4v) is 2.90. The lowest BCUT2D eigenvalue weighted by Crippen LogP contribution is -2.39. The number of hydrogen-bond donors (Lipinski definition) is 2. The first-order valence-corrected chi connectivity index (χ1v) is 9.98. The number of nitrogens with zero attached hydrogens (tertiary/aromatic N) is 1. The third-order valence-electron chi connectivity index (χ3n) is 3.81. The van der Waals surface area contributed by atoms with Crippen molar-refractivity contribution in [1.29, 1.82) is 0 Å². The predicted octanol–water partition coefficient (Wildman–Crippen LogP) is 3.79. The molecule has 1 aliphatic rings. The minimum Gasteiger partial charge on any atom is -0.379 e. The van der Waals surface area contributed by atoms with Gasteiger partial charge in [-0.15, -0.1) is 24.0 Å². The van der Waals surface area contributed by atoms with E-state index >= 15 is 0 Å².